The Morgan fingerprint density at radius 3 is 2.69 bits per heavy atom. The fourth-order valence-corrected chi connectivity index (χ4v) is 4.55. The van der Waals surface area contributed by atoms with E-state index in [0.717, 1.165) is 28.7 Å². The highest BCUT2D eigenvalue weighted by Crippen LogP contribution is 2.38. The summed E-state index contributed by atoms with van der Waals surface area (Å²) in [6.45, 7) is 5.78. The molecule has 0 spiro atoms. The maximum atomic E-state index is 12.9. The molecule has 5 atom stereocenters. The normalized spacial score (nSPS) is 34.3. The first-order chi connectivity index (χ1) is 12.1. The number of hydrogen-bond donors (Lipinski definition) is 2. The van der Waals surface area contributed by atoms with Crippen molar-refractivity contribution in [2.75, 3.05) is 0 Å². The Morgan fingerprint density at radius 2 is 2.08 bits per heavy atom. The molecule has 0 aromatic heterocycles. The number of nitrogens with zero attached hydrogens (tertiary/aromatic N) is 2. The number of fused-ring (bicyclic) bond motifs is 1. The van der Waals surface area contributed by atoms with Crippen molar-refractivity contribution in [2.24, 2.45) is 33.5 Å². The molecular formula is C18H22BrF3N4. The summed E-state index contributed by atoms with van der Waals surface area (Å²) in [6, 6.07) is -0.318. The van der Waals surface area contributed by atoms with E-state index in [1.807, 2.05) is 6.92 Å². The Hall–Kier alpha value is -1.57. The van der Waals surface area contributed by atoms with Gasteiger partial charge in [0.05, 0.1) is 23.5 Å². The highest BCUT2D eigenvalue weighted by molar-refractivity contribution is 9.11. The number of allylic oxidation sites excluding steroid dienone is 3. The van der Waals surface area contributed by atoms with Crippen molar-refractivity contribution < 1.29 is 13.2 Å². The van der Waals surface area contributed by atoms with Gasteiger partial charge in [-0.25, -0.2) is 0 Å². The maximum Gasteiger partial charge on any atom is 0.416 e. The van der Waals surface area contributed by atoms with Crippen LogP contribution in [-0.2, 0) is 0 Å². The third kappa shape index (κ3) is 3.75. The highest BCUT2D eigenvalue weighted by Gasteiger charge is 2.39. The van der Waals surface area contributed by atoms with Crippen LogP contribution in [0.3, 0.4) is 0 Å². The average Bonchev–Trinajstić information content (AvgIpc) is 2.90. The molecule has 0 fully saturated rings. The van der Waals surface area contributed by atoms with Crippen LogP contribution in [-0.4, -0.2) is 29.9 Å². The van der Waals surface area contributed by atoms with Crippen molar-refractivity contribution >= 4 is 27.6 Å². The Balaban J connectivity index is 1.87. The SMILES string of the molecule is CC1=NC2C(C)C=C(Br)CC2C(=NC(C)C2C=C(C(F)(F)F)C=C2N)N1. The monoisotopic (exact) mass is 430 g/mol. The number of amidine groups is 2. The van der Waals surface area contributed by atoms with E-state index < -0.39 is 23.7 Å². The van der Waals surface area contributed by atoms with Crippen LogP contribution in [0.1, 0.15) is 27.2 Å². The molecule has 3 N–H and O–H groups in total. The number of aliphatic imine (C=N–C) groups is 2. The Bertz CT molecular complexity index is 748. The standard InChI is InChI=1S/C18H22BrF3N4/c1-8-4-12(19)7-14-16(8)25-10(3)26-17(14)24-9(2)13-5-11(6-15(13)23)18(20,21)22/h4-6,8-9,13-14,16H,7,23H2,1-3H3,(H,24,25,26). The van der Waals surface area contributed by atoms with Crippen molar-refractivity contribution in [1.29, 1.82) is 0 Å². The first kappa shape index (κ1) is 19.2. The molecule has 5 unspecified atom stereocenters. The molecule has 0 aromatic carbocycles. The molecule has 3 aliphatic rings. The van der Waals surface area contributed by atoms with Crippen molar-refractivity contribution in [2.45, 2.75) is 45.5 Å². The lowest BCUT2D eigenvalue weighted by Gasteiger charge is -2.37. The minimum Gasteiger partial charge on any atom is -0.401 e. The lowest BCUT2D eigenvalue weighted by molar-refractivity contribution is -0.0881. The van der Waals surface area contributed by atoms with E-state index >= 15 is 0 Å². The molecular weight excluding hydrogens is 409 g/mol. The molecule has 3 rings (SSSR count). The van der Waals surface area contributed by atoms with Gasteiger partial charge < -0.3 is 11.1 Å². The Morgan fingerprint density at radius 1 is 1.38 bits per heavy atom. The van der Waals surface area contributed by atoms with Gasteiger partial charge in [0.1, 0.15) is 5.84 Å². The summed E-state index contributed by atoms with van der Waals surface area (Å²) in [5.74, 6) is 1.33. The van der Waals surface area contributed by atoms with Gasteiger partial charge >= 0.3 is 6.18 Å². The van der Waals surface area contributed by atoms with Gasteiger partial charge in [-0.05, 0) is 36.7 Å². The van der Waals surface area contributed by atoms with Crippen molar-refractivity contribution in [3.63, 3.8) is 0 Å². The van der Waals surface area contributed by atoms with Gasteiger partial charge in [0.2, 0.25) is 0 Å². The number of hydrogen-bond acceptors (Lipinski definition) is 3. The number of alkyl halides is 3. The van der Waals surface area contributed by atoms with E-state index in [2.05, 4.69) is 34.2 Å². The van der Waals surface area contributed by atoms with E-state index in [4.69, 9.17) is 15.7 Å². The van der Waals surface area contributed by atoms with Gasteiger partial charge in [-0.1, -0.05) is 35.0 Å². The van der Waals surface area contributed by atoms with Gasteiger partial charge in [0.15, 0.2) is 0 Å². The molecule has 0 radical (unpaired) electrons. The first-order valence-corrected chi connectivity index (χ1v) is 9.37. The molecule has 4 nitrogen and oxygen atoms in total. The predicted octanol–water partition coefficient (Wildman–Crippen LogP) is 4.06. The molecule has 142 valence electrons. The molecule has 2 aliphatic carbocycles. The van der Waals surface area contributed by atoms with Crippen LogP contribution in [0.2, 0.25) is 0 Å². The summed E-state index contributed by atoms with van der Waals surface area (Å²) in [5.41, 5.74) is 5.36. The minimum atomic E-state index is -4.39. The van der Waals surface area contributed by atoms with Crippen LogP contribution in [0.4, 0.5) is 13.2 Å². The van der Waals surface area contributed by atoms with E-state index in [1.54, 1.807) is 6.92 Å². The lowest BCUT2D eigenvalue weighted by atomic mass is 9.80. The zero-order valence-corrected chi connectivity index (χ0v) is 16.4. The zero-order chi connectivity index (χ0) is 19.2. The van der Waals surface area contributed by atoms with E-state index in [0.29, 0.717) is 0 Å². The second kappa shape index (κ2) is 6.87. The van der Waals surface area contributed by atoms with Crippen LogP contribution in [0.25, 0.3) is 0 Å². The molecule has 0 aromatic rings. The van der Waals surface area contributed by atoms with Gasteiger partial charge in [0, 0.05) is 17.5 Å². The molecule has 0 bridgehead atoms. The Kier molecular flexibility index (Phi) is 5.07. The quantitative estimate of drug-likeness (QED) is 0.693. The highest BCUT2D eigenvalue weighted by atomic mass is 79.9. The van der Waals surface area contributed by atoms with Gasteiger partial charge in [0.25, 0.3) is 0 Å². The second-order valence-corrected chi connectivity index (χ2v) is 8.18. The largest absolute Gasteiger partial charge is 0.416 e. The Labute approximate surface area is 159 Å². The molecule has 8 heteroatoms. The summed E-state index contributed by atoms with van der Waals surface area (Å²) < 4.78 is 39.9. The van der Waals surface area contributed by atoms with Crippen molar-refractivity contribution in [1.82, 2.24) is 5.32 Å². The van der Waals surface area contributed by atoms with Gasteiger partial charge in [-0.2, -0.15) is 13.2 Å². The van der Waals surface area contributed by atoms with Crippen LogP contribution < -0.4 is 11.1 Å². The minimum absolute atomic E-state index is 0.0770. The average molecular weight is 431 g/mol. The zero-order valence-electron chi connectivity index (χ0n) is 14.8. The summed E-state index contributed by atoms with van der Waals surface area (Å²) in [7, 11) is 0. The van der Waals surface area contributed by atoms with Crippen LogP contribution >= 0.6 is 15.9 Å². The molecule has 1 aliphatic heterocycles. The van der Waals surface area contributed by atoms with Crippen LogP contribution in [0.15, 0.2) is 44.0 Å². The van der Waals surface area contributed by atoms with E-state index in [-0.39, 0.29) is 23.6 Å². The first-order valence-electron chi connectivity index (χ1n) is 8.57. The van der Waals surface area contributed by atoms with E-state index in [1.165, 1.54) is 6.08 Å². The summed E-state index contributed by atoms with van der Waals surface area (Å²) in [4.78, 5) is 9.43. The van der Waals surface area contributed by atoms with E-state index in [9.17, 15) is 13.2 Å². The molecule has 1 heterocycles. The molecule has 26 heavy (non-hydrogen) atoms. The number of rotatable bonds is 2. The van der Waals surface area contributed by atoms with Gasteiger partial charge in [-0.3, -0.25) is 9.98 Å². The predicted molar refractivity (Wildman–Crippen MR) is 101 cm³/mol. The molecule has 0 saturated carbocycles. The lowest BCUT2D eigenvalue weighted by Crippen LogP contribution is -2.48. The van der Waals surface area contributed by atoms with Gasteiger partial charge in [-0.15, -0.1) is 0 Å². The third-order valence-corrected chi connectivity index (χ3v) is 5.66. The summed E-state index contributed by atoms with van der Waals surface area (Å²) in [6.07, 6.45) is 0.709. The number of nitrogens with one attached hydrogen (secondary N) is 1. The summed E-state index contributed by atoms with van der Waals surface area (Å²) >= 11 is 3.57. The summed E-state index contributed by atoms with van der Waals surface area (Å²) in [5, 5.41) is 3.22. The fourth-order valence-electron chi connectivity index (χ4n) is 3.78. The van der Waals surface area contributed by atoms with Crippen molar-refractivity contribution in [3.05, 3.63) is 34.0 Å². The third-order valence-electron chi connectivity index (χ3n) is 5.07. The van der Waals surface area contributed by atoms with Crippen LogP contribution in [0.5, 0.6) is 0 Å². The number of nitrogens with two attached hydrogens (primary N) is 1. The topological polar surface area (TPSA) is 62.8 Å². The molecule has 0 saturated heterocycles. The smallest absolute Gasteiger partial charge is 0.401 e. The van der Waals surface area contributed by atoms with Crippen molar-refractivity contribution in [3.8, 4) is 0 Å². The van der Waals surface area contributed by atoms with Crippen LogP contribution in [0, 0.1) is 17.8 Å². The number of halogens is 4. The fraction of sp³-hybridized carbons (Fsp3) is 0.556. The molecule has 0 amide bonds. The maximum absolute atomic E-state index is 12.9. The second-order valence-electron chi connectivity index (χ2n) is 7.16.